The van der Waals surface area contributed by atoms with E-state index in [1.807, 2.05) is 0 Å². The summed E-state index contributed by atoms with van der Waals surface area (Å²) in [4.78, 5) is 47.9. The molecule has 7 heteroatoms. The minimum Gasteiger partial charge on any atom is -0.323 e. The van der Waals surface area contributed by atoms with Gasteiger partial charge in [0.1, 0.15) is 6.33 Å². The van der Waals surface area contributed by atoms with Gasteiger partial charge in [-0.2, -0.15) is 0 Å². The van der Waals surface area contributed by atoms with Gasteiger partial charge >= 0.3 is 5.97 Å². The van der Waals surface area contributed by atoms with Crippen LogP contribution in [0.2, 0.25) is 0 Å². The van der Waals surface area contributed by atoms with E-state index in [9.17, 15) is 14.4 Å². The second-order valence-corrected chi connectivity index (χ2v) is 3.92. The van der Waals surface area contributed by atoms with E-state index in [2.05, 4.69) is 9.97 Å². The van der Waals surface area contributed by atoms with Crippen LogP contribution in [0.1, 0.15) is 31.2 Å². The summed E-state index contributed by atoms with van der Waals surface area (Å²) in [5, 5.41) is 0.440. The molecule has 20 heavy (non-hydrogen) atoms. The van der Waals surface area contributed by atoms with Gasteiger partial charge < -0.3 is 4.84 Å². The predicted octanol–water partition coefficient (Wildman–Crippen LogP) is 0.845. The number of hydrogen-bond donors (Lipinski definition) is 0. The molecular weight excluding hydrogens is 262 g/mol. The summed E-state index contributed by atoms with van der Waals surface area (Å²) in [5.74, 6) is -2.25. The van der Waals surface area contributed by atoms with E-state index in [4.69, 9.17) is 4.84 Å². The van der Waals surface area contributed by atoms with E-state index in [-0.39, 0.29) is 16.8 Å². The Balaban J connectivity index is 1.86. The fourth-order valence-corrected chi connectivity index (χ4v) is 1.79. The quantitative estimate of drug-likeness (QED) is 0.750. The zero-order valence-corrected chi connectivity index (χ0v) is 10.0. The Morgan fingerprint density at radius 1 is 1.05 bits per heavy atom. The van der Waals surface area contributed by atoms with Crippen molar-refractivity contribution >= 4 is 17.8 Å². The molecule has 3 rings (SSSR count). The highest BCUT2D eigenvalue weighted by Crippen LogP contribution is 2.22. The summed E-state index contributed by atoms with van der Waals surface area (Å²) in [6, 6.07) is 7.56. The molecular formula is C13H7N3O4. The maximum Gasteiger partial charge on any atom is 0.382 e. The third-order valence-corrected chi connectivity index (χ3v) is 2.72. The Bertz CT molecular complexity index is 680. The van der Waals surface area contributed by atoms with Crippen molar-refractivity contribution in [2.45, 2.75) is 0 Å². The van der Waals surface area contributed by atoms with Crippen molar-refractivity contribution < 1.29 is 19.2 Å². The molecule has 2 amide bonds. The van der Waals surface area contributed by atoms with Crippen LogP contribution in [0.3, 0.4) is 0 Å². The van der Waals surface area contributed by atoms with Gasteiger partial charge in [0.15, 0.2) is 5.69 Å². The highest BCUT2D eigenvalue weighted by atomic mass is 16.7. The third-order valence-electron chi connectivity index (χ3n) is 2.72. The van der Waals surface area contributed by atoms with Crippen molar-refractivity contribution in [2.75, 3.05) is 0 Å². The fraction of sp³-hybridized carbons (Fsp3) is 0. The van der Waals surface area contributed by atoms with Crippen LogP contribution in [0.25, 0.3) is 0 Å². The fourth-order valence-electron chi connectivity index (χ4n) is 1.79. The van der Waals surface area contributed by atoms with Crippen molar-refractivity contribution in [1.29, 1.82) is 0 Å². The van der Waals surface area contributed by atoms with Crippen molar-refractivity contribution in [3.63, 3.8) is 0 Å². The van der Waals surface area contributed by atoms with Crippen molar-refractivity contribution in [2.24, 2.45) is 0 Å². The zero-order valence-electron chi connectivity index (χ0n) is 10.0. The van der Waals surface area contributed by atoms with Gasteiger partial charge in [0.2, 0.25) is 0 Å². The molecule has 1 aromatic carbocycles. The Kier molecular flexibility index (Phi) is 2.72. The molecule has 0 fully saturated rings. The van der Waals surface area contributed by atoms with E-state index in [1.54, 1.807) is 12.1 Å². The van der Waals surface area contributed by atoms with Crippen LogP contribution < -0.4 is 0 Å². The lowest BCUT2D eigenvalue weighted by molar-refractivity contribution is -0.0588. The first-order valence-corrected chi connectivity index (χ1v) is 5.64. The molecule has 0 radical (unpaired) electrons. The Hall–Kier alpha value is -3.09. The summed E-state index contributed by atoms with van der Waals surface area (Å²) in [5.41, 5.74) is 0.359. The van der Waals surface area contributed by atoms with Gasteiger partial charge in [0.05, 0.1) is 11.1 Å². The van der Waals surface area contributed by atoms with Crippen LogP contribution in [0.5, 0.6) is 0 Å². The number of amides is 2. The molecule has 0 saturated heterocycles. The molecule has 1 aromatic heterocycles. The lowest BCUT2D eigenvalue weighted by Gasteiger charge is -2.11. The van der Waals surface area contributed by atoms with Gasteiger partial charge in [-0.05, 0) is 18.2 Å². The number of nitrogens with zero attached hydrogens (tertiary/aromatic N) is 3. The van der Waals surface area contributed by atoms with Gasteiger partial charge in [-0.25, -0.2) is 14.8 Å². The zero-order chi connectivity index (χ0) is 14.1. The van der Waals surface area contributed by atoms with E-state index in [0.717, 1.165) is 0 Å². The highest BCUT2D eigenvalue weighted by molar-refractivity contribution is 6.21. The molecule has 98 valence electrons. The molecule has 1 aliphatic rings. The van der Waals surface area contributed by atoms with Crippen LogP contribution in [-0.2, 0) is 4.84 Å². The van der Waals surface area contributed by atoms with Gasteiger partial charge in [-0.1, -0.05) is 17.2 Å². The van der Waals surface area contributed by atoms with Crippen molar-refractivity contribution in [1.82, 2.24) is 15.0 Å². The standard InChI is InChI=1S/C13H7N3O4/c17-11-8-3-1-2-4-9(8)12(18)16(11)20-13(19)10-5-6-14-7-15-10/h1-7H. The molecule has 7 nitrogen and oxygen atoms in total. The first kappa shape index (κ1) is 12.0. The second-order valence-electron chi connectivity index (χ2n) is 3.92. The summed E-state index contributed by atoms with van der Waals surface area (Å²) in [6.45, 7) is 0. The lowest BCUT2D eigenvalue weighted by Crippen LogP contribution is -2.32. The molecule has 0 aliphatic carbocycles. The average molecular weight is 269 g/mol. The van der Waals surface area contributed by atoms with Crippen LogP contribution >= 0.6 is 0 Å². The minimum absolute atomic E-state index is 0.0449. The SMILES string of the molecule is O=C(ON1C(=O)c2ccccc2C1=O)c1ccncn1. The molecule has 2 aromatic rings. The van der Waals surface area contributed by atoms with Gasteiger partial charge in [0, 0.05) is 6.20 Å². The highest BCUT2D eigenvalue weighted by Gasteiger charge is 2.38. The smallest absolute Gasteiger partial charge is 0.323 e. The van der Waals surface area contributed by atoms with E-state index in [1.165, 1.54) is 30.7 Å². The summed E-state index contributed by atoms with van der Waals surface area (Å²) < 4.78 is 0. The van der Waals surface area contributed by atoms with Gasteiger partial charge in [-0.3, -0.25) is 9.59 Å². The maximum absolute atomic E-state index is 12.0. The van der Waals surface area contributed by atoms with Crippen LogP contribution in [-0.4, -0.2) is 32.8 Å². The molecule has 0 bridgehead atoms. The number of benzene rings is 1. The largest absolute Gasteiger partial charge is 0.382 e. The Labute approximate surface area is 112 Å². The first-order valence-electron chi connectivity index (χ1n) is 5.64. The number of fused-ring (bicyclic) bond motifs is 1. The topological polar surface area (TPSA) is 89.5 Å². The number of aromatic nitrogens is 2. The van der Waals surface area contributed by atoms with E-state index < -0.39 is 17.8 Å². The number of hydroxylamine groups is 2. The Morgan fingerprint density at radius 3 is 2.25 bits per heavy atom. The molecule has 0 spiro atoms. The normalized spacial score (nSPS) is 13.3. The number of hydrogen-bond acceptors (Lipinski definition) is 6. The molecule has 2 heterocycles. The molecule has 1 aliphatic heterocycles. The van der Waals surface area contributed by atoms with Crippen LogP contribution in [0.15, 0.2) is 42.9 Å². The predicted molar refractivity (Wildman–Crippen MR) is 64.4 cm³/mol. The summed E-state index contributed by atoms with van der Waals surface area (Å²) in [7, 11) is 0. The average Bonchev–Trinajstić information content (AvgIpc) is 2.74. The Morgan fingerprint density at radius 2 is 1.70 bits per heavy atom. The number of carbonyl (C=O) groups is 3. The first-order chi connectivity index (χ1) is 9.68. The number of carbonyl (C=O) groups excluding carboxylic acids is 3. The number of imide groups is 1. The molecule has 0 atom stereocenters. The number of rotatable bonds is 2. The third kappa shape index (κ3) is 1.81. The van der Waals surface area contributed by atoms with Crippen molar-refractivity contribution in [3.8, 4) is 0 Å². The van der Waals surface area contributed by atoms with Crippen LogP contribution in [0.4, 0.5) is 0 Å². The second kappa shape index (κ2) is 4.54. The monoisotopic (exact) mass is 269 g/mol. The molecule has 0 saturated carbocycles. The van der Waals surface area contributed by atoms with Crippen molar-refractivity contribution in [3.05, 3.63) is 59.7 Å². The lowest BCUT2D eigenvalue weighted by atomic mass is 10.1. The molecule has 0 unspecified atom stereocenters. The van der Waals surface area contributed by atoms with E-state index in [0.29, 0.717) is 5.06 Å². The van der Waals surface area contributed by atoms with Crippen LogP contribution in [0, 0.1) is 0 Å². The van der Waals surface area contributed by atoms with Gasteiger partial charge in [0.25, 0.3) is 11.8 Å². The summed E-state index contributed by atoms with van der Waals surface area (Å²) in [6.07, 6.45) is 2.52. The maximum atomic E-state index is 12.0. The minimum atomic E-state index is -0.901. The molecule has 0 N–H and O–H groups in total. The van der Waals surface area contributed by atoms with Gasteiger partial charge in [-0.15, -0.1) is 0 Å². The summed E-state index contributed by atoms with van der Waals surface area (Å²) >= 11 is 0. The van der Waals surface area contributed by atoms with E-state index >= 15 is 0 Å².